The summed E-state index contributed by atoms with van der Waals surface area (Å²) in [7, 11) is 1.88. The molecule has 0 spiro atoms. The van der Waals surface area contributed by atoms with Crippen molar-refractivity contribution in [2.24, 2.45) is 7.05 Å². The second-order valence-corrected chi connectivity index (χ2v) is 6.12. The van der Waals surface area contributed by atoms with E-state index in [2.05, 4.69) is 20.8 Å². The molecule has 1 heterocycles. The third kappa shape index (κ3) is 4.66. The molecule has 6 nitrogen and oxygen atoms in total. The van der Waals surface area contributed by atoms with Crippen LogP contribution in [0.1, 0.15) is 11.4 Å². The van der Waals surface area contributed by atoms with E-state index in [9.17, 15) is 13.6 Å². The molecule has 3 rings (SSSR count). The fourth-order valence-corrected chi connectivity index (χ4v) is 2.59. The second-order valence-electron chi connectivity index (χ2n) is 6.12. The van der Waals surface area contributed by atoms with E-state index in [1.54, 1.807) is 0 Å². The minimum atomic E-state index is -0.673. The van der Waals surface area contributed by atoms with Crippen molar-refractivity contribution < 1.29 is 13.6 Å². The zero-order valence-electron chi connectivity index (χ0n) is 15.0. The largest absolute Gasteiger partial charge is 0.376 e. The summed E-state index contributed by atoms with van der Waals surface area (Å²) in [4.78, 5) is 12.0. The molecule has 8 heteroatoms. The van der Waals surface area contributed by atoms with Crippen molar-refractivity contribution in [2.45, 2.75) is 13.5 Å². The van der Waals surface area contributed by atoms with Crippen LogP contribution in [0.4, 0.5) is 14.5 Å². The molecule has 0 bridgehead atoms. The molecule has 3 aromatic rings. The molecule has 1 amide bonds. The van der Waals surface area contributed by atoms with Crippen LogP contribution in [0.3, 0.4) is 0 Å². The van der Waals surface area contributed by atoms with Crippen LogP contribution < -0.4 is 10.6 Å². The predicted molar refractivity (Wildman–Crippen MR) is 97.9 cm³/mol. The number of halogens is 2. The smallest absolute Gasteiger partial charge is 0.239 e. The zero-order valence-corrected chi connectivity index (χ0v) is 15.0. The minimum absolute atomic E-state index is 0.0269. The Morgan fingerprint density at radius 3 is 2.52 bits per heavy atom. The molecule has 0 unspecified atom stereocenters. The number of aromatic nitrogens is 3. The quantitative estimate of drug-likeness (QED) is 0.699. The Morgan fingerprint density at radius 1 is 1.11 bits per heavy atom. The number of aryl methyl sites for hydroxylation is 1. The fraction of sp³-hybridized carbons (Fsp3) is 0.211. The Morgan fingerprint density at radius 2 is 1.85 bits per heavy atom. The van der Waals surface area contributed by atoms with Crippen molar-refractivity contribution in [3.8, 4) is 11.4 Å². The van der Waals surface area contributed by atoms with Gasteiger partial charge in [-0.25, -0.2) is 8.78 Å². The maximum atomic E-state index is 13.2. The Bertz CT molecular complexity index is 950. The highest BCUT2D eigenvalue weighted by Gasteiger charge is 2.09. The van der Waals surface area contributed by atoms with E-state index in [-0.39, 0.29) is 19.0 Å². The predicted octanol–water partition coefficient (Wildman–Crippen LogP) is 2.80. The molecular formula is C19H19F2N5O. The van der Waals surface area contributed by atoms with Crippen molar-refractivity contribution in [1.82, 2.24) is 20.1 Å². The van der Waals surface area contributed by atoms with Crippen LogP contribution in [-0.4, -0.2) is 27.2 Å². The molecule has 0 radical (unpaired) electrons. The van der Waals surface area contributed by atoms with Gasteiger partial charge in [-0.2, -0.15) is 0 Å². The number of anilines is 1. The number of amides is 1. The fourth-order valence-electron chi connectivity index (χ4n) is 2.59. The van der Waals surface area contributed by atoms with Crippen LogP contribution >= 0.6 is 0 Å². The number of rotatable bonds is 6. The number of nitrogens with one attached hydrogen (secondary N) is 2. The van der Waals surface area contributed by atoms with E-state index >= 15 is 0 Å². The highest BCUT2D eigenvalue weighted by atomic mass is 19.1. The maximum Gasteiger partial charge on any atom is 0.239 e. The van der Waals surface area contributed by atoms with E-state index in [4.69, 9.17) is 0 Å². The Labute approximate surface area is 155 Å². The average Bonchev–Trinajstić information content (AvgIpc) is 2.97. The molecule has 0 saturated carbocycles. The molecule has 27 heavy (non-hydrogen) atoms. The molecule has 0 saturated heterocycles. The van der Waals surface area contributed by atoms with Crippen molar-refractivity contribution in [3.05, 3.63) is 65.5 Å². The van der Waals surface area contributed by atoms with E-state index in [1.807, 2.05) is 42.8 Å². The molecule has 0 aliphatic carbocycles. The van der Waals surface area contributed by atoms with Gasteiger partial charge < -0.3 is 15.2 Å². The molecule has 0 fully saturated rings. The summed E-state index contributed by atoms with van der Waals surface area (Å²) >= 11 is 0. The number of nitrogens with zero attached hydrogens (tertiary/aromatic N) is 3. The summed E-state index contributed by atoms with van der Waals surface area (Å²) in [5.74, 6) is -0.105. The molecule has 1 aromatic heterocycles. The molecule has 2 N–H and O–H groups in total. The summed E-state index contributed by atoms with van der Waals surface area (Å²) in [6.07, 6.45) is 0. The van der Waals surface area contributed by atoms with Gasteiger partial charge in [0.15, 0.2) is 5.82 Å². The summed E-state index contributed by atoms with van der Waals surface area (Å²) in [5, 5.41) is 13.8. The van der Waals surface area contributed by atoms with Crippen molar-refractivity contribution in [1.29, 1.82) is 0 Å². The average molecular weight is 371 g/mol. The van der Waals surface area contributed by atoms with Crippen LogP contribution in [0.15, 0.2) is 42.5 Å². The van der Waals surface area contributed by atoms with Crippen molar-refractivity contribution in [3.63, 3.8) is 0 Å². The third-order valence-corrected chi connectivity index (χ3v) is 4.08. The van der Waals surface area contributed by atoms with E-state index in [0.29, 0.717) is 5.56 Å². The van der Waals surface area contributed by atoms with Crippen molar-refractivity contribution >= 4 is 11.6 Å². The molecule has 0 atom stereocenters. The van der Waals surface area contributed by atoms with Gasteiger partial charge in [0.05, 0.1) is 6.54 Å². The highest BCUT2D eigenvalue weighted by Crippen LogP contribution is 2.20. The van der Waals surface area contributed by atoms with Crippen molar-refractivity contribution in [2.75, 3.05) is 11.9 Å². The summed E-state index contributed by atoms with van der Waals surface area (Å²) < 4.78 is 28.2. The van der Waals surface area contributed by atoms with Gasteiger partial charge >= 0.3 is 0 Å². The lowest BCUT2D eigenvalue weighted by Gasteiger charge is -2.09. The first-order valence-electron chi connectivity index (χ1n) is 8.34. The summed E-state index contributed by atoms with van der Waals surface area (Å²) in [6, 6.07) is 10.6. The monoisotopic (exact) mass is 371 g/mol. The Kier molecular flexibility index (Phi) is 5.44. The molecular weight excluding hydrogens is 352 g/mol. The first kappa shape index (κ1) is 18.5. The van der Waals surface area contributed by atoms with Crippen LogP contribution in [0.5, 0.6) is 0 Å². The van der Waals surface area contributed by atoms with Gasteiger partial charge in [0.1, 0.15) is 17.5 Å². The highest BCUT2D eigenvalue weighted by molar-refractivity contribution is 5.81. The van der Waals surface area contributed by atoms with Gasteiger partial charge in [-0.15, -0.1) is 10.2 Å². The number of carbonyl (C=O) groups excluding carboxylic acids is 1. The van der Waals surface area contributed by atoms with E-state index in [0.717, 1.165) is 29.0 Å². The minimum Gasteiger partial charge on any atom is -0.376 e. The van der Waals surface area contributed by atoms with Gasteiger partial charge in [0, 0.05) is 30.9 Å². The van der Waals surface area contributed by atoms with Gasteiger partial charge in [-0.3, -0.25) is 4.79 Å². The molecule has 140 valence electrons. The molecule has 0 aliphatic heterocycles. The molecule has 2 aromatic carbocycles. The topological polar surface area (TPSA) is 71.8 Å². The number of benzene rings is 2. The van der Waals surface area contributed by atoms with E-state index in [1.165, 1.54) is 12.1 Å². The Hall–Kier alpha value is -3.29. The molecule has 0 aliphatic rings. The lowest BCUT2D eigenvalue weighted by Crippen LogP contribution is -2.29. The van der Waals surface area contributed by atoms with Gasteiger partial charge in [0.2, 0.25) is 5.91 Å². The van der Waals surface area contributed by atoms with Gasteiger partial charge in [-0.05, 0) is 36.8 Å². The van der Waals surface area contributed by atoms with Crippen LogP contribution in [0, 0.1) is 18.6 Å². The first-order chi connectivity index (χ1) is 12.9. The normalized spacial score (nSPS) is 10.7. The first-order valence-corrected chi connectivity index (χ1v) is 8.34. The number of hydrogen-bond donors (Lipinski definition) is 2. The summed E-state index contributed by atoms with van der Waals surface area (Å²) in [5.41, 5.74) is 1.99. The second kappa shape index (κ2) is 7.94. The van der Waals surface area contributed by atoms with Crippen LogP contribution in [0.2, 0.25) is 0 Å². The summed E-state index contributed by atoms with van der Waals surface area (Å²) in [6.45, 7) is 1.94. The third-order valence-electron chi connectivity index (χ3n) is 4.08. The lowest BCUT2D eigenvalue weighted by molar-refractivity contribution is -0.119. The van der Waals surface area contributed by atoms with Crippen LogP contribution in [0.25, 0.3) is 11.4 Å². The van der Waals surface area contributed by atoms with Gasteiger partial charge in [0.25, 0.3) is 0 Å². The van der Waals surface area contributed by atoms with E-state index < -0.39 is 11.6 Å². The Balaban J connectivity index is 1.57. The zero-order chi connectivity index (χ0) is 19.4. The van der Waals surface area contributed by atoms with Gasteiger partial charge in [-0.1, -0.05) is 12.1 Å². The number of hydrogen-bond acceptors (Lipinski definition) is 4. The SMILES string of the molecule is Cc1nnc(-c2cccc(NCC(=O)NCc3cc(F)cc(F)c3)c2)n1C. The lowest BCUT2D eigenvalue weighted by atomic mass is 10.2. The standard InChI is InChI=1S/C19H19F2N5O/c1-12-24-25-19(26(12)2)14-4-3-5-17(8-14)22-11-18(27)23-10-13-6-15(20)9-16(21)7-13/h3-9,22H,10-11H2,1-2H3,(H,23,27). The maximum absolute atomic E-state index is 13.2. The van der Waals surface area contributed by atoms with Crippen LogP contribution in [-0.2, 0) is 18.4 Å². The number of carbonyl (C=O) groups is 1.